The van der Waals surface area contributed by atoms with Gasteiger partial charge in [-0.3, -0.25) is 0 Å². The highest BCUT2D eigenvalue weighted by atomic mass is 16.6. The minimum Gasteiger partial charge on any atom is -0.301 e. The zero-order valence-corrected chi connectivity index (χ0v) is 8.75. The van der Waals surface area contributed by atoms with Crippen molar-refractivity contribution < 1.29 is 4.84 Å². The Morgan fingerprint density at radius 1 is 1.62 bits per heavy atom. The molecule has 2 N–H and O–H groups in total. The van der Waals surface area contributed by atoms with E-state index >= 15 is 0 Å². The van der Waals surface area contributed by atoms with Gasteiger partial charge in [-0.25, -0.2) is 5.90 Å². The van der Waals surface area contributed by atoms with Gasteiger partial charge in [0.15, 0.2) is 0 Å². The number of rotatable bonds is 4. The maximum atomic E-state index is 5.25. The van der Waals surface area contributed by atoms with Crippen molar-refractivity contribution in [1.29, 1.82) is 0 Å². The highest BCUT2D eigenvalue weighted by molar-refractivity contribution is 4.95. The average molecular weight is 183 g/mol. The Labute approximate surface area is 81.1 Å². The highest BCUT2D eigenvalue weighted by Crippen LogP contribution is 2.33. The van der Waals surface area contributed by atoms with Crippen LogP contribution in [0.25, 0.3) is 0 Å². The molecule has 0 spiro atoms. The summed E-state index contributed by atoms with van der Waals surface area (Å²) >= 11 is 0. The fourth-order valence-electron chi connectivity index (χ4n) is 2.11. The molecule has 1 saturated carbocycles. The smallest absolute Gasteiger partial charge is 0.0815 e. The van der Waals surface area contributed by atoms with Crippen molar-refractivity contribution >= 4 is 0 Å². The lowest BCUT2D eigenvalue weighted by molar-refractivity contribution is 0.0220. The van der Waals surface area contributed by atoms with Crippen molar-refractivity contribution in [2.45, 2.75) is 45.6 Å². The van der Waals surface area contributed by atoms with Gasteiger partial charge in [-0.15, -0.1) is 0 Å². The summed E-state index contributed by atoms with van der Waals surface area (Å²) in [5.74, 6) is 6.50. The molecule has 1 aliphatic rings. The minimum absolute atomic E-state index is 0.293. The van der Waals surface area contributed by atoms with E-state index < -0.39 is 0 Å². The van der Waals surface area contributed by atoms with Crippen LogP contribution in [0, 0.1) is 11.8 Å². The van der Waals surface area contributed by atoms with Gasteiger partial charge in [0.05, 0.1) is 6.10 Å². The van der Waals surface area contributed by atoms with E-state index in [4.69, 9.17) is 10.7 Å². The normalized spacial score (nSPS) is 30.4. The van der Waals surface area contributed by atoms with Crippen LogP contribution in [0.4, 0.5) is 0 Å². The van der Waals surface area contributed by atoms with Gasteiger partial charge in [-0.05, 0) is 38.0 Å². The topological polar surface area (TPSA) is 35.2 Å². The molecule has 1 aliphatic carbocycles. The molecule has 13 heavy (non-hydrogen) atoms. The van der Waals surface area contributed by atoms with Crippen LogP contribution in [-0.4, -0.2) is 6.10 Å². The Morgan fingerprint density at radius 3 is 2.85 bits per heavy atom. The number of allylic oxidation sites excluding steroid dienone is 1. The second-order valence-corrected chi connectivity index (χ2v) is 4.35. The van der Waals surface area contributed by atoms with E-state index in [2.05, 4.69) is 20.4 Å². The molecule has 0 aromatic rings. The first-order valence-corrected chi connectivity index (χ1v) is 5.16. The Balaban J connectivity index is 2.39. The van der Waals surface area contributed by atoms with E-state index in [-0.39, 0.29) is 0 Å². The minimum atomic E-state index is 0.293. The second-order valence-electron chi connectivity index (χ2n) is 4.35. The summed E-state index contributed by atoms with van der Waals surface area (Å²) < 4.78 is 0. The zero-order valence-electron chi connectivity index (χ0n) is 8.75. The van der Waals surface area contributed by atoms with Crippen molar-refractivity contribution in [1.82, 2.24) is 0 Å². The molecule has 1 fully saturated rings. The van der Waals surface area contributed by atoms with Gasteiger partial charge in [0.1, 0.15) is 0 Å². The number of hydrogen-bond donors (Lipinski definition) is 1. The molecule has 2 heteroatoms. The third-order valence-corrected chi connectivity index (χ3v) is 3.26. The molecule has 3 unspecified atom stereocenters. The lowest BCUT2D eigenvalue weighted by atomic mass is 9.89. The Kier molecular flexibility index (Phi) is 3.94. The number of hydrogen-bond acceptors (Lipinski definition) is 2. The molecule has 2 nitrogen and oxygen atoms in total. The third-order valence-electron chi connectivity index (χ3n) is 3.26. The van der Waals surface area contributed by atoms with Gasteiger partial charge in [-0.2, -0.15) is 0 Å². The molecule has 0 radical (unpaired) electrons. The predicted octanol–water partition coefficient (Wildman–Crippen LogP) is 2.65. The summed E-state index contributed by atoms with van der Waals surface area (Å²) in [5.41, 5.74) is 1.27. The molecule has 0 heterocycles. The standard InChI is InChI=1S/C11H21NO/c1-8(2)9(3)7-10-5-4-6-11(10)13-12/h9-11H,1,4-7,12H2,2-3H3. The predicted molar refractivity (Wildman–Crippen MR) is 55.0 cm³/mol. The first-order valence-electron chi connectivity index (χ1n) is 5.16. The van der Waals surface area contributed by atoms with Crippen LogP contribution in [-0.2, 0) is 4.84 Å². The van der Waals surface area contributed by atoms with Crippen molar-refractivity contribution in [3.63, 3.8) is 0 Å². The van der Waals surface area contributed by atoms with Crippen LogP contribution in [0.1, 0.15) is 39.5 Å². The van der Waals surface area contributed by atoms with Crippen LogP contribution in [0.5, 0.6) is 0 Å². The summed E-state index contributed by atoms with van der Waals surface area (Å²) in [7, 11) is 0. The summed E-state index contributed by atoms with van der Waals surface area (Å²) in [6, 6.07) is 0. The summed E-state index contributed by atoms with van der Waals surface area (Å²) in [4.78, 5) is 4.97. The second kappa shape index (κ2) is 4.77. The molecule has 0 aromatic carbocycles. The van der Waals surface area contributed by atoms with Crippen LogP contribution in [0.15, 0.2) is 12.2 Å². The largest absolute Gasteiger partial charge is 0.301 e. The van der Waals surface area contributed by atoms with Crippen LogP contribution < -0.4 is 5.90 Å². The van der Waals surface area contributed by atoms with Gasteiger partial charge in [0, 0.05) is 0 Å². The molecule has 0 aliphatic heterocycles. The van der Waals surface area contributed by atoms with Crippen LogP contribution in [0.3, 0.4) is 0 Å². The van der Waals surface area contributed by atoms with E-state index in [1.807, 2.05) is 0 Å². The van der Waals surface area contributed by atoms with Crippen molar-refractivity contribution in [3.8, 4) is 0 Å². The monoisotopic (exact) mass is 183 g/mol. The molecular weight excluding hydrogens is 162 g/mol. The molecule has 1 rings (SSSR count). The lowest BCUT2D eigenvalue weighted by Gasteiger charge is -2.21. The molecule has 0 bridgehead atoms. The van der Waals surface area contributed by atoms with Crippen molar-refractivity contribution in [2.24, 2.45) is 17.7 Å². The van der Waals surface area contributed by atoms with Crippen LogP contribution in [0.2, 0.25) is 0 Å². The Hall–Kier alpha value is -0.340. The van der Waals surface area contributed by atoms with E-state index in [1.54, 1.807) is 0 Å². The first kappa shape index (κ1) is 10.7. The van der Waals surface area contributed by atoms with Crippen molar-refractivity contribution in [3.05, 3.63) is 12.2 Å². The lowest BCUT2D eigenvalue weighted by Crippen LogP contribution is -2.23. The van der Waals surface area contributed by atoms with Gasteiger partial charge in [0.25, 0.3) is 0 Å². The summed E-state index contributed by atoms with van der Waals surface area (Å²) in [5, 5.41) is 0. The van der Waals surface area contributed by atoms with Crippen molar-refractivity contribution in [2.75, 3.05) is 0 Å². The van der Waals surface area contributed by atoms with Gasteiger partial charge >= 0.3 is 0 Å². The van der Waals surface area contributed by atoms with Gasteiger partial charge in [-0.1, -0.05) is 25.5 Å². The van der Waals surface area contributed by atoms with E-state index in [1.165, 1.54) is 24.8 Å². The maximum Gasteiger partial charge on any atom is 0.0815 e. The first-order chi connectivity index (χ1) is 6.15. The molecule has 3 atom stereocenters. The third kappa shape index (κ3) is 2.82. The van der Waals surface area contributed by atoms with Crippen LogP contribution >= 0.6 is 0 Å². The molecule has 0 saturated heterocycles. The average Bonchev–Trinajstić information content (AvgIpc) is 2.51. The van der Waals surface area contributed by atoms with E-state index in [9.17, 15) is 0 Å². The molecule has 0 aromatic heterocycles. The summed E-state index contributed by atoms with van der Waals surface area (Å²) in [6.45, 7) is 8.30. The Bertz CT molecular complexity index is 179. The fourth-order valence-corrected chi connectivity index (χ4v) is 2.11. The zero-order chi connectivity index (χ0) is 9.84. The molecule has 0 amide bonds. The van der Waals surface area contributed by atoms with Gasteiger partial charge < -0.3 is 4.84 Å². The molecular formula is C11H21NO. The Morgan fingerprint density at radius 2 is 2.31 bits per heavy atom. The van der Waals surface area contributed by atoms with E-state index in [0.29, 0.717) is 17.9 Å². The maximum absolute atomic E-state index is 5.25. The highest BCUT2D eigenvalue weighted by Gasteiger charge is 2.28. The molecule has 76 valence electrons. The van der Waals surface area contributed by atoms with E-state index in [0.717, 1.165) is 6.42 Å². The number of nitrogens with two attached hydrogens (primary N) is 1. The summed E-state index contributed by atoms with van der Waals surface area (Å²) in [6.07, 6.45) is 5.12. The quantitative estimate of drug-likeness (QED) is 0.537. The van der Waals surface area contributed by atoms with Gasteiger partial charge in [0.2, 0.25) is 0 Å². The fraction of sp³-hybridized carbons (Fsp3) is 0.818. The SMILES string of the molecule is C=C(C)C(C)CC1CCCC1ON.